The van der Waals surface area contributed by atoms with Crippen molar-refractivity contribution >= 4 is 0 Å². The van der Waals surface area contributed by atoms with Crippen LogP contribution >= 0.6 is 0 Å². The van der Waals surface area contributed by atoms with Gasteiger partial charge in [-0.15, -0.1) is 0 Å². The topological polar surface area (TPSA) is 74.8 Å². The molecule has 4 rings (SSSR count). The molecule has 0 aliphatic carbocycles. The van der Waals surface area contributed by atoms with E-state index in [2.05, 4.69) is 0 Å². The molecule has 2 aliphatic heterocycles. The van der Waals surface area contributed by atoms with Crippen LogP contribution in [0.1, 0.15) is 5.56 Å². The van der Waals surface area contributed by atoms with E-state index in [4.69, 9.17) is 14.2 Å². The first-order chi connectivity index (χ1) is 12.8. The van der Waals surface area contributed by atoms with Crippen molar-refractivity contribution < 1.29 is 37.6 Å². The van der Waals surface area contributed by atoms with E-state index in [1.807, 2.05) is 0 Å². The Hall–Kier alpha value is -2.29. The Kier molecular flexibility index (Phi) is 5.88. The highest BCUT2D eigenvalue weighted by Gasteiger charge is 2.30. The molecule has 27 heavy (non-hydrogen) atoms. The lowest BCUT2D eigenvalue weighted by Gasteiger charge is -2.10. The standard InChI is InChI=1S/C13H9F3O2.C6H10O3/c14-13(15,16)9-3-1-2-8(6-9)11-7-10(17)4-5-12(11)18;1(5-3-8-5)7-2-6-4-9-6/h1-7,17-18H;5-6H,1-4H2. The fourth-order valence-electron chi connectivity index (χ4n) is 2.28. The summed E-state index contributed by atoms with van der Waals surface area (Å²) in [6, 6.07) is 8.26. The molecular formula is C19H19F3O5. The summed E-state index contributed by atoms with van der Waals surface area (Å²) in [5.41, 5.74) is -0.456. The summed E-state index contributed by atoms with van der Waals surface area (Å²) >= 11 is 0. The third kappa shape index (κ3) is 6.13. The molecule has 2 atom stereocenters. The zero-order valence-electron chi connectivity index (χ0n) is 14.3. The first-order valence-electron chi connectivity index (χ1n) is 8.33. The minimum atomic E-state index is -4.44. The van der Waals surface area contributed by atoms with Crippen molar-refractivity contribution in [1.29, 1.82) is 0 Å². The van der Waals surface area contributed by atoms with Gasteiger partial charge in [0, 0.05) is 5.56 Å². The third-order valence-electron chi connectivity index (χ3n) is 3.89. The van der Waals surface area contributed by atoms with Gasteiger partial charge in [0.05, 0.1) is 32.0 Å². The maximum Gasteiger partial charge on any atom is 0.416 e. The van der Waals surface area contributed by atoms with Crippen LogP contribution in [0.2, 0.25) is 0 Å². The zero-order chi connectivity index (χ0) is 19.4. The molecule has 0 aromatic heterocycles. The number of epoxide rings is 2. The van der Waals surface area contributed by atoms with Crippen molar-refractivity contribution in [3.63, 3.8) is 0 Å². The largest absolute Gasteiger partial charge is 0.508 e. The molecule has 2 saturated heterocycles. The van der Waals surface area contributed by atoms with Gasteiger partial charge in [-0.3, -0.25) is 0 Å². The third-order valence-corrected chi connectivity index (χ3v) is 3.89. The summed E-state index contributed by atoms with van der Waals surface area (Å²) in [6.45, 7) is 3.26. The normalized spacial score (nSPS) is 20.6. The number of hydrogen-bond donors (Lipinski definition) is 2. The molecule has 0 bridgehead atoms. The molecular weight excluding hydrogens is 365 g/mol. The van der Waals surface area contributed by atoms with Crippen LogP contribution in [-0.2, 0) is 20.4 Å². The van der Waals surface area contributed by atoms with Crippen molar-refractivity contribution in [2.75, 3.05) is 26.4 Å². The fraction of sp³-hybridized carbons (Fsp3) is 0.368. The second kappa shape index (κ2) is 8.16. The molecule has 2 heterocycles. The molecule has 2 aromatic rings. The highest BCUT2D eigenvalue weighted by atomic mass is 19.4. The van der Waals surface area contributed by atoms with E-state index in [1.54, 1.807) is 0 Å². The average Bonchev–Trinajstić information content (AvgIpc) is 3.52. The van der Waals surface area contributed by atoms with Crippen molar-refractivity contribution in [2.24, 2.45) is 0 Å². The maximum atomic E-state index is 12.6. The molecule has 2 fully saturated rings. The SMILES string of the molecule is C(OCC1CO1)C1CO1.Oc1ccc(O)c(-c2cccc(C(F)(F)F)c2)c1. The molecule has 146 valence electrons. The predicted molar refractivity (Wildman–Crippen MR) is 90.5 cm³/mol. The first-order valence-corrected chi connectivity index (χ1v) is 8.33. The van der Waals surface area contributed by atoms with Gasteiger partial charge in [0.15, 0.2) is 0 Å². The van der Waals surface area contributed by atoms with Gasteiger partial charge in [0.2, 0.25) is 0 Å². The van der Waals surface area contributed by atoms with Crippen LogP contribution in [0.3, 0.4) is 0 Å². The number of halogens is 3. The quantitative estimate of drug-likeness (QED) is 0.609. The van der Waals surface area contributed by atoms with Crippen molar-refractivity contribution in [1.82, 2.24) is 0 Å². The number of aromatic hydroxyl groups is 2. The molecule has 5 nitrogen and oxygen atoms in total. The maximum absolute atomic E-state index is 12.6. The van der Waals surface area contributed by atoms with Crippen molar-refractivity contribution in [2.45, 2.75) is 18.4 Å². The van der Waals surface area contributed by atoms with Crippen LogP contribution in [0.5, 0.6) is 11.5 Å². The molecule has 0 saturated carbocycles. The Bertz CT molecular complexity index is 758. The van der Waals surface area contributed by atoms with E-state index in [9.17, 15) is 23.4 Å². The van der Waals surface area contributed by atoms with Gasteiger partial charge in [0.1, 0.15) is 23.7 Å². The number of phenolic OH excluding ortho intramolecular Hbond substituents is 2. The summed E-state index contributed by atoms with van der Waals surface area (Å²) in [4.78, 5) is 0. The highest BCUT2D eigenvalue weighted by Crippen LogP contribution is 2.36. The van der Waals surface area contributed by atoms with E-state index in [-0.39, 0.29) is 22.6 Å². The lowest BCUT2D eigenvalue weighted by molar-refractivity contribution is -0.137. The fourth-order valence-corrected chi connectivity index (χ4v) is 2.28. The van der Waals surface area contributed by atoms with Gasteiger partial charge in [-0.2, -0.15) is 13.2 Å². The summed E-state index contributed by atoms with van der Waals surface area (Å²) < 4.78 is 52.8. The smallest absolute Gasteiger partial charge is 0.416 e. The summed E-state index contributed by atoms with van der Waals surface area (Å²) in [5.74, 6) is -0.313. The summed E-state index contributed by atoms with van der Waals surface area (Å²) in [7, 11) is 0. The Morgan fingerprint density at radius 1 is 0.963 bits per heavy atom. The van der Waals surface area contributed by atoms with Gasteiger partial charge >= 0.3 is 6.18 Å². The van der Waals surface area contributed by atoms with Crippen LogP contribution in [0.25, 0.3) is 11.1 Å². The molecule has 2 unspecified atom stereocenters. The molecule has 0 spiro atoms. The van der Waals surface area contributed by atoms with Crippen LogP contribution in [-0.4, -0.2) is 48.8 Å². The summed E-state index contributed by atoms with van der Waals surface area (Å²) in [5, 5.41) is 18.9. The first kappa shape index (κ1) is 19.5. The van der Waals surface area contributed by atoms with E-state index >= 15 is 0 Å². The van der Waals surface area contributed by atoms with Gasteiger partial charge in [-0.1, -0.05) is 12.1 Å². The molecule has 2 N–H and O–H groups in total. The lowest BCUT2D eigenvalue weighted by Crippen LogP contribution is -2.06. The Morgan fingerprint density at radius 2 is 1.59 bits per heavy atom. The molecule has 0 amide bonds. The number of hydrogen-bond acceptors (Lipinski definition) is 5. The number of benzene rings is 2. The minimum absolute atomic E-state index is 0.125. The molecule has 2 aromatic carbocycles. The monoisotopic (exact) mass is 384 g/mol. The van der Waals surface area contributed by atoms with Crippen LogP contribution in [0.15, 0.2) is 42.5 Å². The molecule has 8 heteroatoms. The van der Waals surface area contributed by atoms with Crippen molar-refractivity contribution in [3.05, 3.63) is 48.0 Å². The molecule has 0 radical (unpaired) electrons. The van der Waals surface area contributed by atoms with E-state index < -0.39 is 11.7 Å². The number of rotatable bonds is 5. The second-order valence-corrected chi connectivity index (χ2v) is 6.23. The van der Waals surface area contributed by atoms with Crippen LogP contribution in [0, 0.1) is 0 Å². The van der Waals surface area contributed by atoms with Crippen LogP contribution in [0.4, 0.5) is 13.2 Å². The Labute approximate surface area is 153 Å². The van der Waals surface area contributed by atoms with Crippen molar-refractivity contribution in [3.8, 4) is 22.6 Å². The summed E-state index contributed by atoms with van der Waals surface area (Å²) in [6.07, 6.45) is -3.66. The van der Waals surface area contributed by atoms with Gasteiger partial charge < -0.3 is 24.4 Å². The molecule has 2 aliphatic rings. The van der Waals surface area contributed by atoms with E-state index in [0.29, 0.717) is 12.2 Å². The van der Waals surface area contributed by atoms with Crippen LogP contribution < -0.4 is 0 Å². The highest BCUT2D eigenvalue weighted by molar-refractivity contribution is 5.72. The number of ether oxygens (including phenoxy) is 3. The Balaban J connectivity index is 0.000000193. The number of alkyl halides is 3. The van der Waals surface area contributed by atoms with Gasteiger partial charge in [-0.25, -0.2) is 0 Å². The average molecular weight is 384 g/mol. The predicted octanol–water partition coefficient (Wildman–Crippen LogP) is 3.58. The number of phenols is 2. The zero-order valence-corrected chi connectivity index (χ0v) is 14.3. The minimum Gasteiger partial charge on any atom is -0.508 e. The Morgan fingerprint density at radius 3 is 2.15 bits per heavy atom. The second-order valence-electron chi connectivity index (χ2n) is 6.23. The van der Waals surface area contributed by atoms with Gasteiger partial charge in [0.25, 0.3) is 0 Å². The van der Waals surface area contributed by atoms with E-state index in [1.165, 1.54) is 30.3 Å². The van der Waals surface area contributed by atoms with E-state index in [0.717, 1.165) is 38.6 Å². The van der Waals surface area contributed by atoms with Gasteiger partial charge in [-0.05, 0) is 35.9 Å². The lowest BCUT2D eigenvalue weighted by atomic mass is 10.0.